The largest absolute Gasteiger partial charge is 0.490 e. The molecular weight excluding hydrogens is 224 g/mol. The van der Waals surface area contributed by atoms with E-state index in [1.165, 1.54) is 17.5 Å². The molecule has 1 aliphatic heterocycles. The fourth-order valence-electron chi connectivity index (χ4n) is 2.82. The van der Waals surface area contributed by atoms with Crippen molar-refractivity contribution < 1.29 is 4.74 Å². The van der Waals surface area contributed by atoms with Crippen molar-refractivity contribution in [1.82, 2.24) is 5.32 Å². The Hall–Kier alpha value is -1.48. The molecule has 1 aromatic rings. The minimum atomic E-state index is 0.349. The second-order valence-corrected chi connectivity index (χ2v) is 5.23. The molecule has 3 nitrogen and oxygen atoms in total. The summed E-state index contributed by atoms with van der Waals surface area (Å²) in [5, 5.41) is 3.21. The van der Waals surface area contributed by atoms with Gasteiger partial charge in [0.2, 0.25) is 0 Å². The van der Waals surface area contributed by atoms with Crippen LogP contribution in [0.15, 0.2) is 24.4 Å². The van der Waals surface area contributed by atoms with Crippen LogP contribution in [-0.2, 0) is 6.54 Å². The van der Waals surface area contributed by atoms with Crippen LogP contribution in [0.1, 0.15) is 30.4 Å². The van der Waals surface area contributed by atoms with Crippen LogP contribution in [0, 0.1) is 5.92 Å². The van der Waals surface area contributed by atoms with Gasteiger partial charge in [0.1, 0.15) is 5.75 Å². The molecule has 0 aromatic heterocycles. The van der Waals surface area contributed by atoms with Gasteiger partial charge in [0.15, 0.2) is 0 Å². The lowest BCUT2D eigenvalue weighted by Gasteiger charge is -2.17. The summed E-state index contributed by atoms with van der Waals surface area (Å²) in [6, 6.07) is 6.37. The number of ether oxygens (including phenoxy) is 1. The minimum Gasteiger partial charge on any atom is -0.490 e. The third-order valence-corrected chi connectivity index (χ3v) is 3.92. The Morgan fingerprint density at radius 1 is 1.33 bits per heavy atom. The maximum absolute atomic E-state index is 6.06. The lowest BCUT2D eigenvalue weighted by molar-refractivity contribution is 0.204. The van der Waals surface area contributed by atoms with Crippen LogP contribution in [0.3, 0.4) is 0 Å². The maximum atomic E-state index is 6.06. The molecule has 1 aliphatic carbocycles. The van der Waals surface area contributed by atoms with Crippen molar-refractivity contribution >= 4 is 6.08 Å². The smallest absolute Gasteiger partial charge is 0.120 e. The Labute approximate surface area is 108 Å². The van der Waals surface area contributed by atoms with Gasteiger partial charge < -0.3 is 15.8 Å². The Bertz CT molecular complexity index is 456. The summed E-state index contributed by atoms with van der Waals surface area (Å²) in [5.41, 5.74) is 8.30. The number of hydrogen-bond acceptors (Lipinski definition) is 3. The molecule has 1 fully saturated rings. The highest BCUT2D eigenvalue weighted by Gasteiger charge is 2.25. The Kier molecular flexibility index (Phi) is 3.24. The summed E-state index contributed by atoms with van der Waals surface area (Å²) in [5.74, 6) is 1.64. The van der Waals surface area contributed by atoms with Gasteiger partial charge in [-0.1, -0.05) is 6.07 Å². The first-order valence-corrected chi connectivity index (χ1v) is 6.75. The monoisotopic (exact) mass is 244 g/mol. The van der Waals surface area contributed by atoms with Crippen molar-refractivity contribution in [2.75, 3.05) is 6.54 Å². The topological polar surface area (TPSA) is 47.3 Å². The number of fused-ring (bicyclic) bond motifs is 1. The van der Waals surface area contributed by atoms with Crippen molar-refractivity contribution in [1.29, 1.82) is 0 Å². The summed E-state index contributed by atoms with van der Waals surface area (Å²) in [6.07, 6.45) is 7.88. The van der Waals surface area contributed by atoms with Gasteiger partial charge in [-0.3, -0.25) is 0 Å². The van der Waals surface area contributed by atoms with Crippen LogP contribution >= 0.6 is 0 Å². The predicted octanol–water partition coefficient (Wildman–Crippen LogP) is 2.27. The molecule has 1 aromatic carbocycles. The van der Waals surface area contributed by atoms with Gasteiger partial charge in [-0.05, 0) is 67.3 Å². The average Bonchev–Trinajstić information content (AvgIpc) is 2.86. The van der Waals surface area contributed by atoms with Crippen LogP contribution in [0.5, 0.6) is 5.75 Å². The van der Waals surface area contributed by atoms with E-state index in [-0.39, 0.29) is 0 Å². The Morgan fingerprint density at radius 3 is 3.11 bits per heavy atom. The lowest BCUT2D eigenvalue weighted by Crippen LogP contribution is -2.16. The minimum absolute atomic E-state index is 0.349. The summed E-state index contributed by atoms with van der Waals surface area (Å²) in [7, 11) is 0. The fraction of sp³-hybridized carbons (Fsp3) is 0.467. The van der Waals surface area contributed by atoms with Gasteiger partial charge in [0, 0.05) is 6.54 Å². The van der Waals surface area contributed by atoms with E-state index < -0.39 is 0 Å². The van der Waals surface area contributed by atoms with Crippen molar-refractivity contribution in [3.05, 3.63) is 35.5 Å². The van der Waals surface area contributed by atoms with Gasteiger partial charge in [-0.2, -0.15) is 0 Å². The zero-order valence-electron chi connectivity index (χ0n) is 10.6. The molecule has 2 atom stereocenters. The molecular formula is C15H20N2O. The highest BCUT2D eigenvalue weighted by Crippen LogP contribution is 2.29. The van der Waals surface area contributed by atoms with Crippen molar-refractivity contribution in [2.45, 2.75) is 31.9 Å². The molecule has 3 rings (SSSR count). The van der Waals surface area contributed by atoms with Gasteiger partial charge in [0.05, 0.1) is 6.10 Å². The molecule has 0 spiro atoms. The predicted molar refractivity (Wildman–Crippen MR) is 73.1 cm³/mol. The van der Waals surface area contributed by atoms with Crippen molar-refractivity contribution in [3.63, 3.8) is 0 Å². The molecule has 2 aliphatic rings. The zero-order valence-corrected chi connectivity index (χ0v) is 10.6. The van der Waals surface area contributed by atoms with Crippen LogP contribution in [0.2, 0.25) is 0 Å². The van der Waals surface area contributed by atoms with Gasteiger partial charge in [-0.15, -0.1) is 0 Å². The van der Waals surface area contributed by atoms with Gasteiger partial charge >= 0.3 is 0 Å². The first-order valence-electron chi connectivity index (χ1n) is 6.75. The fourth-order valence-corrected chi connectivity index (χ4v) is 2.82. The zero-order chi connectivity index (χ0) is 12.4. The quantitative estimate of drug-likeness (QED) is 0.857. The molecule has 0 bridgehead atoms. The Balaban J connectivity index is 1.69. The van der Waals surface area contributed by atoms with E-state index in [0.29, 0.717) is 12.0 Å². The summed E-state index contributed by atoms with van der Waals surface area (Å²) >= 11 is 0. The van der Waals surface area contributed by atoms with E-state index >= 15 is 0 Å². The molecule has 0 radical (unpaired) electrons. The summed E-state index contributed by atoms with van der Waals surface area (Å²) in [4.78, 5) is 0. The lowest BCUT2D eigenvalue weighted by atomic mass is 10.0. The number of nitrogens with two attached hydrogens (primary N) is 1. The van der Waals surface area contributed by atoms with E-state index in [1.807, 2.05) is 6.20 Å². The van der Waals surface area contributed by atoms with E-state index in [2.05, 4.69) is 29.6 Å². The number of hydrogen-bond donors (Lipinski definition) is 2. The molecule has 0 saturated heterocycles. The first kappa shape index (κ1) is 11.6. The second kappa shape index (κ2) is 5.02. The van der Waals surface area contributed by atoms with Crippen molar-refractivity contribution in [3.8, 4) is 5.75 Å². The molecule has 0 unspecified atom stereocenters. The number of benzene rings is 1. The first-order chi connectivity index (χ1) is 8.85. The third kappa shape index (κ3) is 2.36. The number of rotatable bonds is 3. The average molecular weight is 244 g/mol. The molecule has 1 saturated carbocycles. The molecule has 3 heteroatoms. The van der Waals surface area contributed by atoms with Crippen molar-refractivity contribution in [2.24, 2.45) is 11.7 Å². The third-order valence-electron chi connectivity index (χ3n) is 3.92. The summed E-state index contributed by atoms with van der Waals surface area (Å²) < 4.78 is 6.06. The highest BCUT2D eigenvalue weighted by atomic mass is 16.5. The van der Waals surface area contributed by atoms with Crippen LogP contribution in [-0.4, -0.2) is 12.6 Å². The molecule has 18 heavy (non-hydrogen) atoms. The summed E-state index contributed by atoms with van der Waals surface area (Å²) in [6.45, 7) is 1.70. The van der Waals surface area contributed by atoms with Crippen LogP contribution < -0.4 is 15.8 Å². The second-order valence-electron chi connectivity index (χ2n) is 5.23. The number of nitrogens with one attached hydrogen (secondary N) is 1. The van der Waals surface area contributed by atoms with E-state index in [0.717, 1.165) is 31.7 Å². The molecule has 1 heterocycles. The standard InChI is InChI=1S/C15H20N2O/c16-9-11-1-3-14(7-11)18-15-4-2-13-10-17-6-5-12(13)8-15/h2,4-6,8,11,14,17H,1,3,7,9-10,16H2/t11-,14+/m1/s1. The molecule has 96 valence electrons. The SMILES string of the molecule is NC[C@@H]1CC[C@H](Oc2ccc3c(c2)C=CNC3)C1. The normalized spacial score (nSPS) is 25.6. The van der Waals surface area contributed by atoms with E-state index in [1.54, 1.807) is 0 Å². The van der Waals surface area contributed by atoms with Crippen LogP contribution in [0.25, 0.3) is 6.08 Å². The highest BCUT2D eigenvalue weighted by molar-refractivity contribution is 5.57. The van der Waals surface area contributed by atoms with Gasteiger partial charge in [-0.25, -0.2) is 0 Å². The Morgan fingerprint density at radius 2 is 2.28 bits per heavy atom. The van der Waals surface area contributed by atoms with E-state index in [9.17, 15) is 0 Å². The molecule has 0 amide bonds. The van der Waals surface area contributed by atoms with E-state index in [4.69, 9.17) is 10.5 Å². The maximum Gasteiger partial charge on any atom is 0.120 e. The van der Waals surface area contributed by atoms with Gasteiger partial charge in [0.25, 0.3) is 0 Å². The molecule has 3 N–H and O–H groups in total. The van der Waals surface area contributed by atoms with Crippen LogP contribution in [0.4, 0.5) is 0 Å².